The van der Waals surface area contributed by atoms with Crippen molar-refractivity contribution in [2.24, 2.45) is 0 Å². The topological polar surface area (TPSA) is 29.9 Å². The standard InChI is InChI=1S/C14H10F2N2OS/c1-19-12-6-5-8(7-10(12)16)18-11-4-2-3-9(15)13(11)17-14(18)20/h2-7H,1H3,(H,17,20). The quantitative estimate of drug-likeness (QED) is 0.724. The fourth-order valence-electron chi connectivity index (χ4n) is 2.15. The summed E-state index contributed by atoms with van der Waals surface area (Å²) in [5, 5.41) is 0. The average molecular weight is 292 g/mol. The van der Waals surface area contributed by atoms with E-state index in [2.05, 4.69) is 4.98 Å². The predicted octanol–water partition coefficient (Wildman–Crippen LogP) is 3.97. The van der Waals surface area contributed by atoms with E-state index < -0.39 is 11.6 Å². The highest BCUT2D eigenvalue weighted by molar-refractivity contribution is 7.71. The van der Waals surface area contributed by atoms with Gasteiger partial charge in [-0.1, -0.05) is 6.07 Å². The molecule has 1 heterocycles. The van der Waals surface area contributed by atoms with Gasteiger partial charge in [-0.2, -0.15) is 0 Å². The van der Waals surface area contributed by atoms with Crippen LogP contribution in [0.2, 0.25) is 0 Å². The summed E-state index contributed by atoms with van der Waals surface area (Å²) in [5.74, 6) is -0.759. The number of nitrogens with one attached hydrogen (secondary N) is 1. The summed E-state index contributed by atoms with van der Waals surface area (Å²) >= 11 is 5.19. The molecule has 0 saturated heterocycles. The Balaban J connectivity index is 2.30. The number of ether oxygens (including phenoxy) is 1. The first-order valence-corrected chi connectivity index (χ1v) is 6.26. The van der Waals surface area contributed by atoms with E-state index in [1.807, 2.05) is 0 Å². The molecule has 3 aromatic rings. The molecule has 102 valence electrons. The molecule has 3 rings (SSSR count). The number of rotatable bonds is 2. The van der Waals surface area contributed by atoms with Gasteiger partial charge in [-0.05, 0) is 36.5 Å². The maximum absolute atomic E-state index is 13.8. The Labute approximate surface area is 118 Å². The largest absolute Gasteiger partial charge is 0.494 e. The van der Waals surface area contributed by atoms with E-state index in [4.69, 9.17) is 17.0 Å². The van der Waals surface area contributed by atoms with Crippen LogP contribution in [0.5, 0.6) is 5.75 Å². The van der Waals surface area contributed by atoms with Crippen LogP contribution in [0, 0.1) is 16.4 Å². The summed E-state index contributed by atoms with van der Waals surface area (Å²) in [6.07, 6.45) is 0. The minimum atomic E-state index is -0.502. The number of halogens is 2. The summed E-state index contributed by atoms with van der Waals surface area (Å²) in [5.41, 5.74) is 1.36. The molecule has 6 heteroatoms. The van der Waals surface area contributed by atoms with Crippen molar-refractivity contribution in [3.8, 4) is 11.4 Å². The van der Waals surface area contributed by atoms with Crippen LogP contribution >= 0.6 is 12.2 Å². The van der Waals surface area contributed by atoms with Gasteiger partial charge < -0.3 is 9.72 Å². The Morgan fingerprint density at radius 2 is 1.95 bits per heavy atom. The molecule has 0 radical (unpaired) electrons. The number of hydrogen-bond donors (Lipinski definition) is 1. The van der Waals surface area contributed by atoms with Crippen molar-refractivity contribution in [1.82, 2.24) is 9.55 Å². The van der Waals surface area contributed by atoms with E-state index >= 15 is 0 Å². The van der Waals surface area contributed by atoms with Crippen LogP contribution < -0.4 is 4.74 Å². The second kappa shape index (κ2) is 4.72. The monoisotopic (exact) mass is 292 g/mol. The number of H-pyrrole nitrogens is 1. The van der Waals surface area contributed by atoms with E-state index in [0.29, 0.717) is 21.5 Å². The lowest BCUT2D eigenvalue weighted by atomic mass is 10.2. The number of fused-ring (bicyclic) bond motifs is 1. The third kappa shape index (κ3) is 1.89. The van der Waals surface area contributed by atoms with E-state index in [-0.39, 0.29) is 5.75 Å². The number of methoxy groups -OCH3 is 1. The second-order valence-corrected chi connectivity index (χ2v) is 4.61. The molecule has 0 aliphatic rings. The number of nitrogens with zero attached hydrogens (tertiary/aromatic N) is 1. The van der Waals surface area contributed by atoms with Crippen LogP contribution in [0.1, 0.15) is 0 Å². The number of para-hydroxylation sites is 1. The van der Waals surface area contributed by atoms with Crippen LogP contribution in [0.4, 0.5) is 8.78 Å². The predicted molar refractivity (Wildman–Crippen MR) is 74.9 cm³/mol. The van der Waals surface area contributed by atoms with Gasteiger partial charge in [-0.15, -0.1) is 0 Å². The van der Waals surface area contributed by atoms with Crippen LogP contribution in [0.15, 0.2) is 36.4 Å². The smallest absolute Gasteiger partial charge is 0.182 e. The molecule has 0 unspecified atom stereocenters. The van der Waals surface area contributed by atoms with Gasteiger partial charge in [0.25, 0.3) is 0 Å². The summed E-state index contributed by atoms with van der Waals surface area (Å²) < 4.78 is 34.3. The first-order chi connectivity index (χ1) is 9.61. The number of hydrogen-bond acceptors (Lipinski definition) is 2. The molecule has 0 amide bonds. The maximum atomic E-state index is 13.8. The molecule has 0 aliphatic carbocycles. The molecule has 0 atom stereocenters. The number of benzene rings is 2. The molecular weight excluding hydrogens is 282 g/mol. The van der Waals surface area contributed by atoms with Gasteiger partial charge in [-0.3, -0.25) is 4.57 Å². The van der Waals surface area contributed by atoms with Crippen molar-refractivity contribution in [2.45, 2.75) is 0 Å². The lowest BCUT2D eigenvalue weighted by molar-refractivity contribution is 0.386. The zero-order chi connectivity index (χ0) is 14.3. The van der Waals surface area contributed by atoms with Gasteiger partial charge in [-0.25, -0.2) is 8.78 Å². The highest BCUT2D eigenvalue weighted by atomic mass is 32.1. The van der Waals surface area contributed by atoms with Gasteiger partial charge in [0.2, 0.25) is 0 Å². The molecule has 1 aromatic heterocycles. The summed E-state index contributed by atoms with van der Waals surface area (Å²) in [6, 6.07) is 9.10. The molecular formula is C14H10F2N2OS. The Hall–Kier alpha value is -2.21. The fraction of sp³-hybridized carbons (Fsp3) is 0.0714. The average Bonchev–Trinajstić information content (AvgIpc) is 2.76. The minimum Gasteiger partial charge on any atom is -0.494 e. The van der Waals surface area contributed by atoms with Crippen molar-refractivity contribution in [3.05, 3.63) is 52.8 Å². The van der Waals surface area contributed by atoms with Gasteiger partial charge in [0.15, 0.2) is 16.3 Å². The SMILES string of the molecule is COc1ccc(-n2c(=S)[nH]c3c(F)cccc32)cc1F. The number of aromatic nitrogens is 2. The van der Waals surface area contributed by atoms with Crippen molar-refractivity contribution >= 4 is 23.3 Å². The molecule has 1 N–H and O–H groups in total. The zero-order valence-electron chi connectivity index (χ0n) is 10.5. The number of aromatic amines is 1. The lowest BCUT2D eigenvalue weighted by Gasteiger charge is -2.07. The first-order valence-electron chi connectivity index (χ1n) is 5.85. The lowest BCUT2D eigenvalue weighted by Crippen LogP contribution is -1.96. The van der Waals surface area contributed by atoms with E-state index in [9.17, 15) is 8.78 Å². The Morgan fingerprint density at radius 1 is 1.15 bits per heavy atom. The maximum Gasteiger partial charge on any atom is 0.182 e. The first kappa shape index (κ1) is 12.8. The number of imidazole rings is 1. The van der Waals surface area contributed by atoms with Crippen molar-refractivity contribution < 1.29 is 13.5 Å². The molecule has 3 nitrogen and oxygen atoms in total. The molecule has 0 aliphatic heterocycles. The normalized spacial score (nSPS) is 10.9. The second-order valence-electron chi connectivity index (χ2n) is 4.22. The van der Waals surface area contributed by atoms with Crippen LogP contribution in [0.3, 0.4) is 0 Å². The van der Waals surface area contributed by atoms with Crippen LogP contribution in [-0.4, -0.2) is 16.7 Å². The van der Waals surface area contributed by atoms with Gasteiger partial charge >= 0.3 is 0 Å². The zero-order valence-corrected chi connectivity index (χ0v) is 11.3. The van der Waals surface area contributed by atoms with Gasteiger partial charge in [0.05, 0.1) is 18.3 Å². The summed E-state index contributed by atoms with van der Waals surface area (Å²) in [4.78, 5) is 2.79. The van der Waals surface area contributed by atoms with Crippen molar-refractivity contribution in [2.75, 3.05) is 7.11 Å². The van der Waals surface area contributed by atoms with E-state index in [0.717, 1.165) is 0 Å². The molecule has 0 bridgehead atoms. The van der Waals surface area contributed by atoms with Crippen LogP contribution in [0.25, 0.3) is 16.7 Å². The Bertz CT molecular complexity index is 854. The summed E-state index contributed by atoms with van der Waals surface area (Å²) in [6.45, 7) is 0. The fourth-order valence-corrected chi connectivity index (χ4v) is 2.45. The third-order valence-corrected chi connectivity index (χ3v) is 3.35. The van der Waals surface area contributed by atoms with Crippen molar-refractivity contribution in [3.63, 3.8) is 0 Å². The van der Waals surface area contributed by atoms with E-state index in [1.54, 1.807) is 22.8 Å². The Morgan fingerprint density at radius 3 is 2.65 bits per heavy atom. The minimum absolute atomic E-state index is 0.145. The van der Waals surface area contributed by atoms with E-state index in [1.165, 1.54) is 25.3 Å². The Kier molecular flexibility index (Phi) is 3.02. The van der Waals surface area contributed by atoms with Gasteiger partial charge in [0, 0.05) is 6.07 Å². The van der Waals surface area contributed by atoms with Crippen LogP contribution in [-0.2, 0) is 0 Å². The molecule has 20 heavy (non-hydrogen) atoms. The van der Waals surface area contributed by atoms with Gasteiger partial charge in [0.1, 0.15) is 11.3 Å². The summed E-state index contributed by atoms with van der Waals surface area (Å²) in [7, 11) is 1.39. The third-order valence-electron chi connectivity index (χ3n) is 3.06. The highest BCUT2D eigenvalue weighted by Crippen LogP contribution is 2.25. The molecule has 0 fully saturated rings. The molecule has 0 saturated carbocycles. The molecule has 0 spiro atoms. The molecule has 2 aromatic carbocycles. The van der Waals surface area contributed by atoms with Crippen molar-refractivity contribution in [1.29, 1.82) is 0 Å². The highest BCUT2D eigenvalue weighted by Gasteiger charge is 2.11.